The van der Waals surface area contributed by atoms with Gasteiger partial charge in [-0.3, -0.25) is 4.79 Å². The lowest BCUT2D eigenvalue weighted by molar-refractivity contribution is -0.0978. The number of carbonyl (C=O) groups excluding carboxylic acids is 1. The Kier molecular flexibility index (Phi) is 7.01. The molecule has 5 heterocycles. The van der Waals surface area contributed by atoms with Gasteiger partial charge in [-0.05, 0) is 43.4 Å². The first-order valence-corrected chi connectivity index (χ1v) is 12.4. The number of anilines is 1. The van der Waals surface area contributed by atoms with Crippen LogP contribution in [0, 0.1) is 5.41 Å². The van der Waals surface area contributed by atoms with E-state index < -0.39 is 0 Å². The van der Waals surface area contributed by atoms with Crippen molar-refractivity contribution in [3.63, 3.8) is 0 Å². The molecular weight excluding hydrogens is 462 g/mol. The Morgan fingerprint density at radius 2 is 2.11 bits per heavy atom. The molecule has 2 saturated heterocycles. The van der Waals surface area contributed by atoms with E-state index in [1.807, 2.05) is 13.0 Å². The third-order valence-corrected chi connectivity index (χ3v) is 6.79. The number of fused-ring (bicyclic) bond motifs is 1. The number of methoxy groups -OCH3 is 1. The van der Waals surface area contributed by atoms with Crippen LogP contribution in [0.2, 0.25) is 0 Å². The van der Waals surface area contributed by atoms with Crippen molar-refractivity contribution in [3.05, 3.63) is 35.9 Å². The van der Waals surface area contributed by atoms with Crippen LogP contribution in [-0.2, 0) is 9.47 Å². The Balaban J connectivity index is 1.31. The lowest BCUT2D eigenvalue weighted by atomic mass is 9.89. The molecule has 0 radical (unpaired) electrons. The first kappa shape index (κ1) is 24.4. The van der Waals surface area contributed by atoms with E-state index >= 15 is 0 Å². The second kappa shape index (κ2) is 10.4. The Morgan fingerprint density at radius 3 is 2.83 bits per heavy atom. The van der Waals surface area contributed by atoms with E-state index in [1.165, 1.54) is 10.9 Å². The van der Waals surface area contributed by atoms with Gasteiger partial charge in [0.05, 0.1) is 19.8 Å². The van der Waals surface area contributed by atoms with Gasteiger partial charge in [-0.25, -0.2) is 4.98 Å². The summed E-state index contributed by atoms with van der Waals surface area (Å²) in [5, 5.41) is 4.11. The van der Waals surface area contributed by atoms with Crippen molar-refractivity contribution in [2.24, 2.45) is 5.41 Å². The fraction of sp³-hybridized carbons (Fsp3) is 0.560. The predicted octanol–water partition coefficient (Wildman–Crippen LogP) is 2.31. The monoisotopic (exact) mass is 495 g/mol. The van der Waals surface area contributed by atoms with Crippen LogP contribution in [0.15, 0.2) is 24.5 Å². The predicted molar refractivity (Wildman–Crippen MR) is 133 cm³/mol. The topological polar surface area (TPSA) is 127 Å². The fourth-order valence-corrected chi connectivity index (χ4v) is 4.72. The normalized spacial score (nSPS) is 18.6. The van der Waals surface area contributed by atoms with Gasteiger partial charge in [0, 0.05) is 49.9 Å². The van der Waals surface area contributed by atoms with Crippen molar-refractivity contribution in [3.8, 4) is 6.01 Å². The number of ether oxygens (including phenoxy) is 3. The Hall–Kier alpha value is -3.31. The fourth-order valence-electron chi connectivity index (χ4n) is 4.72. The third kappa shape index (κ3) is 5.26. The van der Waals surface area contributed by atoms with Crippen molar-refractivity contribution in [2.45, 2.75) is 38.7 Å². The lowest BCUT2D eigenvalue weighted by Gasteiger charge is -2.37. The number of rotatable bonds is 9. The largest absolute Gasteiger partial charge is 0.458 e. The van der Waals surface area contributed by atoms with Gasteiger partial charge in [-0.1, -0.05) is 6.92 Å². The van der Waals surface area contributed by atoms with Gasteiger partial charge in [0.1, 0.15) is 11.8 Å². The summed E-state index contributed by atoms with van der Waals surface area (Å²) in [6.45, 7) is 7.58. The first-order valence-electron chi connectivity index (χ1n) is 12.4. The number of amides is 1. The van der Waals surface area contributed by atoms with Crippen LogP contribution in [0.3, 0.4) is 0 Å². The number of carbonyl (C=O) groups is 1. The van der Waals surface area contributed by atoms with E-state index in [0.29, 0.717) is 38.2 Å². The average Bonchev–Trinajstić information content (AvgIpc) is 3.30. The summed E-state index contributed by atoms with van der Waals surface area (Å²) in [6, 6.07) is 4.20. The number of hydrogen-bond donors (Lipinski definition) is 2. The van der Waals surface area contributed by atoms with Crippen LogP contribution < -0.4 is 15.0 Å². The third-order valence-electron chi connectivity index (χ3n) is 6.79. The molecule has 11 heteroatoms. The zero-order valence-corrected chi connectivity index (χ0v) is 21.0. The number of piperidine rings is 1. The van der Waals surface area contributed by atoms with Crippen molar-refractivity contribution < 1.29 is 19.0 Å². The highest BCUT2D eigenvalue weighted by atomic mass is 16.5. The minimum absolute atomic E-state index is 0.0493. The maximum absolute atomic E-state index is 12.9. The standard InChI is InChI=1S/C25H33N7O4/c1-16(12-34-3)36-24-30-21(22(33)28-13-25(2)14-35-15-25)29-23(31-24)32-9-6-17(7-10-32)19-11-27-20-18(19)5-4-8-26-20/h4-5,8,11,16-17H,6-7,9-10,12-15H2,1-3H3,(H,26,27)(H,28,33). The molecule has 11 nitrogen and oxygen atoms in total. The van der Waals surface area contributed by atoms with E-state index in [-0.39, 0.29) is 29.3 Å². The Morgan fingerprint density at radius 1 is 1.31 bits per heavy atom. The first-order chi connectivity index (χ1) is 17.4. The molecule has 2 aliphatic rings. The quantitative estimate of drug-likeness (QED) is 0.460. The molecule has 0 bridgehead atoms. The van der Waals surface area contributed by atoms with E-state index in [9.17, 15) is 4.79 Å². The summed E-state index contributed by atoms with van der Waals surface area (Å²) in [7, 11) is 1.61. The Bertz CT molecular complexity index is 1200. The number of H-pyrrole nitrogens is 1. The maximum Gasteiger partial charge on any atom is 0.322 e. The van der Waals surface area contributed by atoms with Gasteiger partial charge in [0.15, 0.2) is 0 Å². The summed E-state index contributed by atoms with van der Waals surface area (Å²) in [5.41, 5.74) is 2.15. The van der Waals surface area contributed by atoms with Crippen LogP contribution in [0.1, 0.15) is 48.8 Å². The van der Waals surface area contributed by atoms with E-state index in [1.54, 1.807) is 13.3 Å². The van der Waals surface area contributed by atoms with Gasteiger partial charge < -0.3 is 29.4 Å². The van der Waals surface area contributed by atoms with Crippen LogP contribution in [0.5, 0.6) is 6.01 Å². The van der Waals surface area contributed by atoms with Crippen molar-refractivity contribution in [1.82, 2.24) is 30.2 Å². The van der Waals surface area contributed by atoms with Crippen LogP contribution in [0.25, 0.3) is 11.0 Å². The van der Waals surface area contributed by atoms with Crippen molar-refractivity contribution in [1.29, 1.82) is 0 Å². The highest BCUT2D eigenvalue weighted by Gasteiger charge is 2.34. The zero-order chi connectivity index (χ0) is 25.1. The molecule has 0 aromatic carbocycles. The molecule has 0 saturated carbocycles. The molecule has 5 rings (SSSR count). The summed E-state index contributed by atoms with van der Waals surface area (Å²) in [5.74, 6) is 0.559. The average molecular weight is 496 g/mol. The molecular formula is C25H33N7O4. The molecule has 192 valence electrons. The molecule has 36 heavy (non-hydrogen) atoms. The van der Waals surface area contributed by atoms with Gasteiger partial charge in [0.25, 0.3) is 5.91 Å². The summed E-state index contributed by atoms with van der Waals surface area (Å²) < 4.78 is 16.3. The van der Waals surface area contributed by atoms with Gasteiger partial charge in [-0.2, -0.15) is 15.0 Å². The Labute approximate surface area is 210 Å². The second-order valence-corrected chi connectivity index (χ2v) is 10.0. The minimum atomic E-state index is -0.350. The summed E-state index contributed by atoms with van der Waals surface area (Å²) in [6.07, 6.45) is 5.47. The van der Waals surface area contributed by atoms with Crippen molar-refractivity contribution in [2.75, 3.05) is 51.5 Å². The van der Waals surface area contributed by atoms with E-state index in [2.05, 4.69) is 54.3 Å². The maximum atomic E-state index is 12.9. The molecule has 1 amide bonds. The van der Waals surface area contributed by atoms with Gasteiger partial charge in [-0.15, -0.1) is 0 Å². The molecule has 0 spiro atoms. The van der Waals surface area contributed by atoms with E-state index in [4.69, 9.17) is 14.2 Å². The summed E-state index contributed by atoms with van der Waals surface area (Å²) >= 11 is 0. The number of nitrogens with one attached hydrogen (secondary N) is 2. The summed E-state index contributed by atoms with van der Waals surface area (Å²) in [4.78, 5) is 36.1. The highest BCUT2D eigenvalue weighted by Crippen LogP contribution is 2.33. The molecule has 3 aromatic heterocycles. The number of nitrogens with zero attached hydrogens (tertiary/aromatic N) is 5. The van der Waals surface area contributed by atoms with Crippen LogP contribution in [0.4, 0.5) is 5.95 Å². The molecule has 1 atom stereocenters. The molecule has 2 fully saturated rings. The molecule has 0 aliphatic carbocycles. The number of aromatic amines is 1. The number of pyridine rings is 1. The highest BCUT2D eigenvalue weighted by molar-refractivity contribution is 5.90. The molecule has 3 aromatic rings. The zero-order valence-electron chi connectivity index (χ0n) is 21.0. The van der Waals surface area contributed by atoms with E-state index in [0.717, 1.165) is 31.6 Å². The number of hydrogen-bond acceptors (Lipinski definition) is 9. The molecule has 1 unspecified atom stereocenters. The molecule has 2 aliphatic heterocycles. The number of aromatic nitrogens is 5. The van der Waals surface area contributed by atoms with Crippen LogP contribution >= 0.6 is 0 Å². The van der Waals surface area contributed by atoms with Crippen LogP contribution in [-0.4, -0.2) is 83.5 Å². The minimum Gasteiger partial charge on any atom is -0.458 e. The molecule has 2 N–H and O–H groups in total. The SMILES string of the molecule is COCC(C)Oc1nc(C(=O)NCC2(C)COC2)nc(N2CCC(c3c[nH]c4ncccc34)CC2)n1. The lowest BCUT2D eigenvalue weighted by Crippen LogP contribution is -2.48. The van der Waals surface area contributed by atoms with Crippen molar-refractivity contribution >= 4 is 22.9 Å². The smallest absolute Gasteiger partial charge is 0.322 e. The van der Waals surface area contributed by atoms with Gasteiger partial charge in [0.2, 0.25) is 11.8 Å². The van der Waals surface area contributed by atoms with Gasteiger partial charge >= 0.3 is 6.01 Å². The second-order valence-electron chi connectivity index (χ2n) is 10.0.